The predicted molar refractivity (Wildman–Crippen MR) is 118 cm³/mol. The smallest absolute Gasteiger partial charge is 0.393 e. The molecular weight excluding hydrogens is 443 g/mol. The molecule has 1 atom stereocenters. The molecule has 0 unspecified atom stereocenters. The van der Waals surface area contributed by atoms with E-state index in [1.54, 1.807) is 18.3 Å². The molecule has 1 N–H and O–H groups in total. The molecule has 0 fully saturated rings. The summed E-state index contributed by atoms with van der Waals surface area (Å²) in [4.78, 5) is 25.1. The zero-order valence-corrected chi connectivity index (χ0v) is 19.9. The van der Waals surface area contributed by atoms with Crippen LogP contribution in [0.5, 0.6) is 0 Å². The van der Waals surface area contributed by atoms with E-state index in [1.165, 1.54) is 18.7 Å². The Morgan fingerprint density at radius 1 is 1.28 bits per heavy atom. The van der Waals surface area contributed by atoms with Crippen molar-refractivity contribution in [3.05, 3.63) is 46.1 Å². The molecule has 0 saturated heterocycles. The molecule has 32 heavy (non-hydrogen) atoms. The minimum Gasteiger partial charge on any atom is -0.481 e. The van der Waals surface area contributed by atoms with Gasteiger partial charge in [-0.3, -0.25) is 9.59 Å². The molecule has 8 heteroatoms. The largest absolute Gasteiger partial charge is 0.481 e. The van der Waals surface area contributed by atoms with Crippen LogP contribution in [0.4, 0.5) is 13.2 Å². The van der Waals surface area contributed by atoms with E-state index in [9.17, 15) is 22.8 Å². The van der Waals surface area contributed by atoms with Gasteiger partial charge in [0.1, 0.15) is 0 Å². The third-order valence-corrected chi connectivity index (χ3v) is 6.77. The SMILES string of the molecule is CC(C)C1=CN(CCC(=O)O)C(=O)C[C@@]1(C)c1ccc(CCC(C)(C)C(F)(F)F)c(Cl)c1. The quantitative estimate of drug-likeness (QED) is 0.477. The Balaban J connectivity index is 2.33. The fourth-order valence-electron chi connectivity index (χ4n) is 4.03. The number of nitrogens with zero attached hydrogens (tertiary/aromatic N) is 1. The molecule has 1 aromatic carbocycles. The minimum atomic E-state index is -4.29. The lowest BCUT2D eigenvalue weighted by atomic mass is 9.68. The van der Waals surface area contributed by atoms with Crippen LogP contribution in [0.2, 0.25) is 5.02 Å². The topological polar surface area (TPSA) is 57.6 Å². The summed E-state index contributed by atoms with van der Waals surface area (Å²) in [5.41, 5.74) is -0.0315. The van der Waals surface area contributed by atoms with Gasteiger partial charge < -0.3 is 10.0 Å². The maximum Gasteiger partial charge on any atom is 0.393 e. The Kier molecular flexibility index (Phi) is 7.75. The molecule has 0 spiro atoms. The normalized spacial score (nSPS) is 20.0. The van der Waals surface area contributed by atoms with Crippen LogP contribution >= 0.6 is 11.6 Å². The molecule has 0 radical (unpaired) electrons. The van der Waals surface area contributed by atoms with Gasteiger partial charge >= 0.3 is 12.1 Å². The van der Waals surface area contributed by atoms with E-state index in [0.29, 0.717) is 10.6 Å². The van der Waals surface area contributed by atoms with Crippen molar-refractivity contribution in [3.8, 4) is 0 Å². The average Bonchev–Trinajstić information content (AvgIpc) is 2.64. The Labute approximate surface area is 192 Å². The summed E-state index contributed by atoms with van der Waals surface area (Å²) < 4.78 is 39.5. The maximum absolute atomic E-state index is 13.2. The standard InChI is InChI=1S/C24H31ClF3NO3/c1-15(2)18-14-29(11-9-21(31)32)20(30)13-23(18,5)17-7-6-16(19(25)12-17)8-10-22(3,4)24(26,27)28/h6-7,12,14-15H,8-11,13H2,1-5H3,(H,31,32)/t23-/m0/s1. The second-order valence-corrected chi connectivity index (χ2v) is 10.1. The number of carbonyl (C=O) groups excluding carboxylic acids is 1. The number of aliphatic carboxylic acids is 1. The summed E-state index contributed by atoms with van der Waals surface area (Å²) in [7, 11) is 0. The van der Waals surface area contributed by atoms with E-state index in [-0.39, 0.29) is 44.1 Å². The van der Waals surface area contributed by atoms with Gasteiger partial charge in [-0.2, -0.15) is 13.2 Å². The summed E-state index contributed by atoms with van der Waals surface area (Å²) in [6.45, 7) is 8.42. The van der Waals surface area contributed by atoms with Gasteiger partial charge in [0, 0.05) is 29.6 Å². The molecule has 178 valence electrons. The number of benzene rings is 1. The Hall–Kier alpha value is -2.02. The van der Waals surface area contributed by atoms with Gasteiger partial charge in [0.25, 0.3) is 0 Å². The highest BCUT2D eigenvalue weighted by Gasteiger charge is 2.46. The first-order valence-corrected chi connectivity index (χ1v) is 11.1. The van der Waals surface area contributed by atoms with Gasteiger partial charge in [0.15, 0.2) is 0 Å². The summed E-state index contributed by atoms with van der Waals surface area (Å²) >= 11 is 6.47. The minimum absolute atomic E-state index is 0.0823. The van der Waals surface area contributed by atoms with E-state index in [4.69, 9.17) is 16.7 Å². The summed E-state index contributed by atoms with van der Waals surface area (Å²) in [6.07, 6.45) is -2.42. The third kappa shape index (κ3) is 5.66. The summed E-state index contributed by atoms with van der Waals surface area (Å²) in [6, 6.07) is 5.32. The number of hydrogen-bond acceptors (Lipinski definition) is 2. The number of rotatable bonds is 8. The number of hydrogen-bond donors (Lipinski definition) is 1. The second-order valence-electron chi connectivity index (χ2n) is 9.67. The second kappa shape index (κ2) is 9.46. The first kappa shape index (κ1) is 26.2. The highest BCUT2D eigenvalue weighted by molar-refractivity contribution is 6.31. The van der Waals surface area contributed by atoms with Gasteiger partial charge in [0.05, 0.1) is 11.8 Å². The monoisotopic (exact) mass is 473 g/mol. The van der Waals surface area contributed by atoms with Crippen molar-refractivity contribution in [2.45, 2.75) is 71.9 Å². The molecule has 1 amide bonds. The zero-order valence-electron chi connectivity index (χ0n) is 19.1. The van der Waals surface area contributed by atoms with Crippen LogP contribution in [0, 0.1) is 11.3 Å². The molecule has 1 aliphatic heterocycles. The molecule has 4 nitrogen and oxygen atoms in total. The van der Waals surface area contributed by atoms with Gasteiger partial charge in [-0.25, -0.2) is 0 Å². The molecular formula is C24H31ClF3NO3. The van der Waals surface area contributed by atoms with Crippen LogP contribution < -0.4 is 0 Å². The molecule has 0 aliphatic carbocycles. The van der Waals surface area contributed by atoms with E-state index < -0.39 is 23.0 Å². The molecule has 0 saturated carbocycles. The lowest BCUT2D eigenvalue weighted by Crippen LogP contribution is -2.42. The molecule has 1 aliphatic rings. The van der Waals surface area contributed by atoms with Crippen LogP contribution in [0.1, 0.15) is 65.0 Å². The van der Waals surface area contributed by atoms with Crippen LogP contribution in [0.25, 0.3) is 0 Å². The molecule has 2 rings (SSSR count). The number of halogens is 4. The number of carbonyl (C=O) groups is 2. The maximum atomic E-state index is 13.2. The van der Waals surface area contributed by atoms with E-state index in [0.717, 1.165) is 11.1 Å². The number of aryl methyl sites for hydroxylation is 1. The van der Waals surface area contributed by atoms with E-state index in [2.05, 4.69) is 0 Å². The van der Waals surface area contributed by atoms with Crippen molar-refractivity contribution < 1.29 is 27.9 Å². The van der Waals surface area contributed by atoms with Crippen molar-refractivity contribution in [1.29, 1.82) is 0 Å². The molecule has 1 heterocycles. The molecule has 1 aromatic rings. The lowest BCUT2D eigenvalue weighted by Gasteiger charge is -2.41. The van der Waals surface area contributed by atoms with Gasteiger partial charge in [0.2, 0.25) is 5.91 Å². The lowest BCUT2D eigenvalue weighted by molar-refractivity contribution is -0.213. The van der Waals surface area contributed by atoms with Crippen molar-refractivity contribution in [1.82, 2.24) is 4.90 Å². The van der Waals surface area contributed by atoms with Crippen LogP contribution in [0.3, 0.4) is 0 Å². The Morgan fingerprint density at radius 2 is 1.91 bits per heavy atom. The number of alkyl halides is 3. The fourth-order valence-corrected chi connectivity index (χ4v) is 4.31. The molecule has 0 aromatic heterocycles. The van der Waals surface area contributed by atoms with Crippen molar-refractivity contribution in [3.63, 3.8) is 0 Å². The van der Waals surface area contributed by atoms with E-state index >= 15 is 0 Å². The summed E-state index contributed by atoms with van der Waals surface area (Å²) in [5, 5.41) is 9.33. The number of carboxylic acids is 1. The average molecular weight is 474 g/mol. The Morgan fingerprint density at radius 3 is 2.41 bits per heavy atom. The molecule has 0 bridgehead atoms. The van der Waals surface area contributed by atoms with Gasteiger partial charge in [-0.1, -0.05) is 58.4 Å². The van der Waals surface area contributed by atoms with Crippen molar-refractivity contribution in [2.75, 3.05) is 6.54 Å². The first-order chi connectivity index (χ1) is 14.6. The van der Waals surface area contributed by atoms with Gasteiger partial charge in [-0.15, -0.1) is 0 Å². The van der Waals surface area contributed by atoms with E-state index in [1.807, 2.05) is 26.8 Å². The third-order valence-electron chi connectivity index (χ3n) is 6.42. The zero-order chi connectivity index (χ0) is 24.5. The van der Waals surface area contributed by atoms with Crippen LogP contribution in [-0.2, 0) is 21.4 Å². The van der Waals surface area contributed by atoms with Crippen LogP contribution in [0.15, 0.2) is 30.0 Å². The fraction of sp³-hybridized carbons (Fsp3) is 0.583. The highest BCUT2D eigenvalue weighted by Crippen LogP contribution is 2.45. The highest BCUT2D eigenvalue weighted by atomic mass is 35.5. The number of amides is 1. The predicted octanol–water partition coefficient (Wildman–Crippen LogP) is 6.37. The summed E-state index contributed by atoms with van der Waals surface area (Å²) in [5.74, 6) is -1.06. The Bertz CT molecular complexity index is 908. The van der Waals surface area contributed by atoms with Crippen molar-refractivity contribution in [2.24, 2.45) is 11.3 Å². The van der Waals surface area contributed by atoms with Crippen molar-refractivity contribution >= 4 is 23.5 Å². The number of allylic oxidation sites excluding steroid dienone is 1. The number of carboxylic acid groups (broad SMARTS) is 1. The van der Waals surface area contributed by atoms with Gasteiger partial charge in [-0.05, 0) is 41.5 Å². The first-order valence-electron chi connectivity index (χ1n) is 10.7. The van der Waals surface area contributed by atoms with Crippen LogP contribution in [-0.4, -0.2) is 34.6 Å².